The van der Waals surface area contributed by atoms with E-state index in [-0.39, 0.29) is 0 Å². The lowest BCUT2D eigenvalue weighted by molar-refractivity contribution is 0.490. The normalized spacial score (nSPS) is 10.8. The first-order valence-electron chi connectivity index (χ1n) is 7.90. The SMILES string of the molecule is Cc1ccc(CNc2ncc(-c3ccncc3)c(-c3ccco3)n2)o1. The zero-order valence-corrected chi connectivity index (χ0v) is 13.6. The molecule has 0 unspecified atom stereocenters. The number of hydrogen-bond donors (Lipinski definition) is 1. The maximum atomic E-state index is 5.56. The molecule has 4 aromatic rings. The predicted molar refractivity (Wildman–Crippen MR) is 93.7 cm³/mol. The Morgan fingerprint density at radius 1 is 1.08 bits per heavy atom. The Morgan fingerprint density at radius 3 is 2.68 bits per heavy atom. The maximum absolute atomic E-state index is 5.56. The number of anilines is 1. The lowest BCUT2D eigenvalue weighted by Gasteiger charge is -2.09. The number of furan rings is 2. The van der Waals surface area contributed by atoms with Crippen molar-refractivity contribution in [1.29, 1.82) is 0 Å². The minimum absolute atomic E-state index is 0.512. The van der Waals surface area contributed by atoms with Crippen molar-refractivity contribution in [2.45, 2.75) is 13.5 Å². The van der Waals surface area contributed by atoms with Gasteiger partial charge in [0.05, 0.1) is 12.8 Å². The highest BCUT2D eigenvalue weighted by atomic mass is 16.3. The van der Waals surface area contributed by atoms with Crippen LogP contribution in [0, 0.1) is 6.92 Å². The molecule has 6 nitrogen and oxygen atoms in total. The van der Waals surface area contributed by atoms with Crippen LogP contribution in [0.2, 0.25) is 0 Å². The minimum Gasteiger partial charge on any atom is -0.465 e. The fraction of sp³-hybridized carbons (Fsp3) is 0.105. The zero-order valence-electron chi connectivity index (χ0n) is 13.6. The van der Waals surface area contributed by atoms with Gasteiger partial charge in [-0.15, -0.1) is 0 Å². The fourth-order valence-electron chi connectivity index (χ4n) is 2.56. The van der Waals surface area contributed by atoms with Crippen LogP contribution in [0.1, 0.15) is 11.5 Å². The second-order valence-electron chi connectivity index (χ2n) is 5.53. The molecule has 1 N–H and O–H groups in total. The predicted octanol–water partition coefficient (Wildman–Crippen LogP) is 4.31. The molecule has 0 aliphatic carbocycles. The summed E-state index contributed by atoms with van der Waals surface area (Å²) in [6.07, 6.45) is 6.90. The van der Waals surface area contributed by atoms with Gasteiger partial charge >= 0.3 is 0 Å². The van der Waals surface area contributed by atoms with Crippen molar-refractivity contribution in [3.63, 3.8) is 0 Å². The van der Waals surface area contributed by atoms with E-state index in [9.17, 15) is 0 Å². The van der Waals surface area contributed by atoms with E-state index in [1.54, 1.807) is 24.9 Å². The van der Waals surface area contributed by atoms with Gasteiger partial charge in [0.2, 0.25) is 5.95 Å². The van der Waals surface area contributed by atoms with Crippen LogP contribution in [0.3, 0.4) is 0 Å². The molecule has 4 heterocycles. The molecule has 0 fully saturated rings. The first kappa shape index (κ1) is 15.1. The fourth-order valence-corrected chi connectivity index (χ4v) is 2.56. The molecule has 0 aliphatic heterocycles. The second-order valence-corrected chi connectivity index (χ2v) is 5.53. The molecule has 0 amide bonds. The number of hydrogen-bond acceptors (Lipinski definition) is 6. The van der Waals surface area contributed by atoms with E-state index in [0.717, 1.165) is 28.3 Å². The second kappa shape index (κ2) is 6.60. The summed E-state index contributed by atoms with van der Waals surface area (Å²) in [6.45, 7) is 2.43. The van der Waals surface area contributed by atoms with Crippen LogP contribution in [0.25, 0.3) is 22.6 Å². The van der Waals surface area contributed by atoms with Crippen LogP contribution in [0.5, 0.6) is 0 Å². The molecule has 0 aliphatic rings. The first-order chi connectivity index (χ1) is 12.3. The van der Waals surface area contributed by atoms with E-state index in [1.807, 2.05) is 43.3 Å². The van der Waals surface area contributed by atoms with E-state index in [4.69, 9.17) is 8.83 Å². The Hall–Kier alpha value is -3.41. The van der Waals surface area contributed by atoms with Crippen LogP contribution in [0.15, 0.2) is 70.1 Å². The van der Waals surface area contributed by atoms with Crippen molar-refractivity contribution in [3.8, 4) is 22.6 Å². The topological polar surface area (TPSA) is 77.0 Å². The highest BCUT2D eigenvalue weighted by molar-refractivity contribution is 5.78. The number of aryl methyl sites for hydroxylation is 1. The molecule has 4 aromatic heterocycles. The van der Waals surface area contributed by atoms with Crippen molar-refractivity contribution < 1.29 is 8.83 Å². The Kier molecular flexibility index (Phi) is 4.00. The van der Waals surface area contributed by atoms with E-state index in [0.29, 0.717) is 18.3 Å². The van der Waals surface area contributed by atoms with Gasteiger partial charge < -0.3 is 14.2 Å². The van der Waals surface area contributed by atoms with E-state index in [1.165, 1.54) is 0 Å². The van der Waals surface area contributed by atoms with Gasteiger partial charge in [-0.05, 0) is 48.9 Å². The third-order valence-electron chi connectivity index (χ3n) is 3.75. The van der Waals surface area contributed by atoms with Gasteiger partial charge in [-0.2, -0.15) is 0 Å². The Morgan fingerprint density at radius 2 is 1.96 bits per heavy atom. The highest BCUT2D eigenvalue weighted by Gasteiger charge is 2.14. The third-order valence-corrected chi connectivity index (χ3v) is 3.75. The van der Waals surface area contributed by atoms with Crippen molar-refractivity contribution in [2.24, 2.45) is 0 Å². The van der Waals surface area contributed by atoms with Gasteiger partial charge in [0.15, 0.2) is 5.76 Å². The van der Waals surface area contributed by atoms with E-state index in [2.05, 4.69) is 20.3 Å². The standard InChI is InChI=1S/C19H16N4O2/c1-13-4-5-15(25-13)11-21-19-22-12-16(14-6-8-20-9-7-14)18(23-19)17-3-2-10-24-17/h2-10,12H,11H2,1H3,(H,21,22,23). The molecule has 0 radical (unpaired) electrons. The van der Waals surface area contributed by atoms with Crippen LogP contribution in [-0.2, 0) is 6.54 Å². The summed E-state index contributed by atoms with van der Waals surface area (Å²) >= 11 is 0. The number of aromatic nitrogens is 3. The van der Waals surface area contributed by atoms with E-state index < -0.39 is 0 Å². The molecule has 124 valence electrons. The molecule has 0 spiro atoms. The summed E-state index contributed by atoms with van der Waals surface area (Å²) in [7, 11) is 0. The van der Waals surface area contributed by atoms with Crippen LogP contribution < -0.4 is 5.32 Å². The largest absolute Gasteiger partial charge is 0.465 e. The minimum atomic E-state index is 0.512. The van der Waals surface area contributed by atoms with Gasteiger partial charge in [-0.3, -0.25) is 4.98 Å². The number of nitrogens with one attached hydrogen (secondary N) is 1. The summed E-state index contributed by atoms with van der Waals surface area (Å²) < 4.78 is 11.1. The number of pyridine rings is 1. The molecule has 0 saturated carbocycles. The zero-order chi connectivity index (χ0) is 17.1. The van der Waals surface area contributed by atoms with E-state index >= 15 is 0 Å². The molecule has 6 heteroatoms. The van der Waals surface area contributed by atoms with Gasteiger partial charge in [-0.25, -0.2) is 9.97 Å². The van der Waals surface area contributed by atoms with Gasteiger partial charge in [0.25, 0.3) is 0 Å². The summed E-state index contributed by atoms with van der Waals surface area (Å²) in [4.78, 5) is 13.1. The lowest BCUT2D eigenvalue weighted by atomic mass is 10.1. The molecule has 0 bridgehead atoms. The maximum Gasteiger partial charge on any atom is 0.223 e. The summed E-state index contributed by atoms with van der Waals surface area (Å²) in [5.41, 5.74) is 2.59. The molecule has 0 aromatic carbocycles. The van der Waals surface area contributed by atoms with Gasteiger partial charge in [0, 0.05) is 24.2 Å². The van der Waals surface area contributed by atoms with Crippen LogP contribution in [-0.4, -0.2) is 15.0 Å². The lowest BCUT2D eigenvalue weighted by Crippen LogP contribution is -2.04. The molecule has 0 saturated heterocycles. The molecular formula is C19H16N4O2. The number of nitrogens with zero attached hydrogens (tertiary/aromatic N) is 3. The van der Waals surface area contributed by atoms with Crippen molar-refractivity contribution in [2.75, 3.05) is 5.32 Å². The third kappa shape index (κ3) is 3.28. The Balaban J connectivity index is 1.67. The average Bonchev–Trinajstić information content (AvgIpc) is 3.32. The smallest absolute Gasteiger partial charge is 0.223 e. The van der Waals surface area contributed by atoms with Crippen LogP contribution in [0.4, 0.5) is 5.95 Å². The summed E-state index contributed by atoms with van der Waals surface area (Å²) in [5, 5.41) is 3.19. The summed E-state index contributed by atoms with van der Waals surface area (Å²) in [6, 6.07) is 11.4. The average molecular weight is 332 g/mol. The monoisotopic (exact) mass is 332 g/mol. The highest BCUT2D eigenvalue weighted by Crippen LogP contribution is 2.30. The molecule has 25 heavy (non-hydrogen) atoms. The van der Waals surface area contributed by atoms with Crippen molar-refractivity contribution in [1.82, 2.24) is 15.0 Å². The van der Waals surface area contributed by atoms with Gasteiger partial charge in [-0.1, -0.05) is 0 Å². The van der Waals surface area contributed by atoms with Crippen molar-refractivity contribution in [3.05, 3.63) is 72.8 Å². The summed E-state index contributed by atoms with van der Waals surface area (Å²) in [5.74, 6) is 2.91. The molecule has 4 rings (SSSR count). The quantitative estimate of drug-likeness (QED) is 0.587. The Labute approximate surface area is 144 Å². The van der Waals surface area contributed by atoms with Gasteiger partial charge in [0.1, 0.15) is 17.2 Å². The molecular weight excluding hydrogens is 316 g/mol. The first-order valence-corrected chi connectivity index (χ1v) is 7.90. The van der Waals surface area contributed by atoms with Crippen LogP contribution >= 0.6 is 0 Å². The molecule has 0 atom stereocenters. The van der Waals surface area contributed by atoms with Crippen molar-refractivity contribution >= 4 is 5.95 Å². The Bertz CT molecular complexity index is 962. The number of rotatable bonds is 5.